The van der Waals surface area contributed by atoms with Crippen molar-refractivity contribution < 1.29 is 14.3 Å². The molecule has 0 saturated heterocycles. The van der Waals surface area contributed by atoms with Gasteiger partial charge in [0.1, 0.15) is 24.2 Å². The Hall–Kier alpha value is -4.39. The molecule has 0 fully saturated rings. The highest BCUT2D eigenvalue weighted by molar-refractivity contribution is 6.32. The van der Waals surface area contributed by atoms with Gasteiger partial charge in [0.25, 0.3) is 0 Å². The highest BCUT2D eigenvalue weighted by Crippen LogP contribution is 2.37. The van der Waals surface area contributed by atoms with Crippen LogP contribution in [0.5, 0.6) is 11.5 Å². The van der Waals surface area contributed by atoms with Crippen molar-refractivity contribution in [3.8, 4) is 17.6 Å². The summed E-state index contributed by atoms with van der Waals surface area (Å²) in [6.45, 7) is 5.49. The van der Waals surface area contributed by atoms with Crippen molar-refractivity contribution in [2.45, 2.75) is 33.1 Å². The van der Waals surface area contributed by atoms with Crippen LogP contribution in [0.1, 0.15) is 38.7 Å². The van der Waals surface area contributed by atoms with Gasteiger partial charge in [-0.05, 0) is 90.2 Å². The van der Waals surface area contributed by atoms with E-state index in [0.717, 1.165) is 31.5 Å². The number of pyridine rings is 1. The van der Waals surface area contributed by atoms with E-state index in [9.17, 15) is 10.1 Å². The lowest BCUT2D eigenvalue weighted by Crippen LogP contribution is -2.12. The molecule has 0 bridgehead atoms. The molecular weight excluding hydrogens is 564 g/mol. The number of ether oxygens (including phenoxy) is 2. The van der Waals surface area contributed by atoms with E-state index >= 15 is 0 Å². The summed E-state index contributed by atoms with van der Waals surface area (Å²) in [5.41, 5.74) is 3.37. The molecule has 0 spiro atoms. The van der Waals surface area contributed by atoms with Crippen LogP contribution in [-0.4, -0.2) is 62.4 Å². The van der Waals surface area contributed by atoms with Crippen molar-refractivity contribution >= 4 is 51.2 Å². The summed E-state index contributed by atoms with van der Waals surface area (Å²) >= 11 is 6.54. The number of halogens is 1. The molecule has 10 heteroatoms. The molecule has 2 aromatic carbocycles. The number of aromatic nitrogens is 1. The Bertz CT molecular complexity index is 1540. The Morgan fingerprint density at radius 3 is 2.65 bits per heavy atom. The van der Waals surface area contributed by atoms with Gasteiger partial charge < -0.3 is 25.0 Å². The Morgan fingerprint density at radius 2 is 1.98 bits per heavy atom. The zero-order chi connectivity index (χ0) is 31.2. The minimum atomic E-state index is -0.264. The highest BCUT2D eigenvalue weighted by atomic mass is 35.5. The summed E-state index contributed by atoms with van der Waals surface area (Å²) in [4.78, 5) is 23.6. The highest BCUT2D eigenvalue weighted by Gasteiger charge is 2.16. The fourth-order valence-corrected chi connectivity index (χ4v) is 4.47. The molecule has 0 aliphatic heterocycles. The smallest absolute Gasteiger partial charge is 0.248 e. The second-order valence-corrected chi connectivity index (χ2v) is 10.3. The summed E-state index contributed by atoms with van der Waals surface area (Å²) < 4.78 is 11.7. The molecule has 2 N–H and O–H groups in total. The first-order valence-corrected chi connectivity index (χ1v) is 14.6. The summed E-state index contributed by atoms with van der Waals surface area (Å²) in [6, 6.07) is 11.0. The average molecular weight is 603 g/mol. The SMILES string of the molecule is C/C=C\C(COc1ccc(Nc2c(C#N)cnc3cc(OCC)c(NC(=O)/C=C/CCCCN(C)C)cc23)cc1Cl)=NC. The number of hydrogen-bond acceptors (Lipinski definition) is 8. The summed E-state index contributed by atoms with van der Waals surface area (Å²) in [5.74, 6) is 0.735. The van der Waals surface area contributed by atoms with Crippen molar-refractivity contribution in [3.05, 3.63) is 71.4 Å². The molecule has 1 heterocycles. The number of nitriles is 1. The zero-order valence-corrected chi connectivity index (χ0v) is 26.2. The van der Waals surface area contributed by atoms with Crippen LogP contribution in [0.15, 0.2) is 65.8 Å². The molecular formula is C33H39ClN6O3. The maximum Gasteiger partial charge on any atom is 0.248 e. The van der Waals surface area contributed by atoms with Gasteiger partial charge in [-0.15, -0.1) is 0 Å². The Kier molecular flexibility index (Phi) is 13.0. The fourth-order valence-electron chi connectivity index (χ4n) is 4.24. The van der Waals surface area contributed by atoms with E-state index < -0.39 is 0 Å². The van der Waals surface area contributed by atoms with Gasteiger partial charge in [0, 0.05) is 30.4 Å². The lowest BCUT2D eigenvalue weighted by Gasteiger charge is -2.16. The largest absolute Gasteiger partial charge is 0.492 e. The molecule has 0 saturated carbocycles. The molecule has 1 amide bonds. The number of allylic oxidation sites excluding steroid dienone is 2. The molecule has 0 atom stereocenters. The maximum atomic E-state index is 12.8. The van der Waals surface area contributed by atoms with Crippen LogP contribution >= 0.6 is 11.6 Å². The fraction of sp³-hybridized carbons (Fsp3) is 0.333. The molecule has 43 heavy (non-hydrogen) atoms. The molecule has 3 aromatic rings. The zero-order valence-electron chi connectivity index (χ0n) is 25.4. The van der Waals surface area contributed by atoms with E-state index in [1.807, 2.05) is 52.2 Å². The van der Waals surface area contributed by atoms with Gasteiger partial charge >= 0.3 is 0 Å². The molecule has 1 aromatic heterocycles. The molecule has 3 rings (SSSR count). The average Bonchev–Trinajstić information content (AvgIpc) is 2.98. The van der Waals surface area contributed by atoms with E-state index in [4.69, 9.17) is 21.1 Å². The number of fused-ring (bicyclic) bond motifs is 1. The Labute approximate surface area is 258 Å². The number of hydrogen-bond donors (Lipinski definition) is 2. The van der Waals surface area contributed by atoms with Crippen LogP contribution in [-0.2, 0) is 4.79 Å². The maximum absolute atomic E-state index is 12.8. The third-order valence-electron chi connectivity index (χ3n) is 6.37. The van der Waals surface area contributed by atoms with Crippen LogP contribution in [0.4, 0.5) is 17.1 Å². The van der Waals surface area contributed by atoms with Gasteiger partial charge in [-0.25, -0.2) is 0 Å². The second-order valence-electron chi connectivity index (χ2n) is 9.92. The number of carbonyl (C=O) groups is 1. The summed E-state index contributed by atoms with van der Waals surface area (Å²) in [5, 5.41) is 17.2. The van der Waals surface area contributed by atoms with Crippen LogP contribution < -0.4 is 20.1 Å². The van der Waals surface area contributed by atoms with Crippen LogP contribution in [0.25, 0.3) is 10.9 Å². The van der Waals surface area contributed by atoms with Crippen molar-refractivity contribution in [1.82, 2.24) is 9.88 Å². The van der Waals surface area contributed by atoms with E-state index in [-0.39, 0.29) is 12.5 Å². The standard InChI is InChI=1S/C33H39ClN6O3/c1-6-12-25(36-3)22-43-30-15-14-24(17-27(30)34)38-33-23(20-35)21-37-28-19-31(42-7-2)29(18-26(28)33)39-32(41)13-10-8-9-11-16-40(4)5/h6,10,12-15,17-19,21H,7-9,11,16,22H2,1-5H3,(H,37,38)(H,39,41)/b12-6-,13-10+,36-25?. The van der Waals surface area contributed by atoms with Gasteiger partial charge in [0.05, 0.1) is 39.8 Å². The van der Waals surface area contributed by atoms with Crippen LogP contribution in [0.3, 0.4) is 0 Å². The van der Waals surface area contributed by atoms with Gasteiger partial charge in [-0.3, -0.25) is 14.8 Å². The molecule has 0 aliphatic carbocycles. The Morgan fingerprint density at radius 1 is 1.16 bits per heavy atom. The number of nitrogens with one attached hydrogen (secondary N) is 2. The number of amides is 1. The van der Waals surface area contributed by atoms with E-state index in [2.05, 4.69) is 31.6 Å². The number of nitrogens with zero attached hydrogens (tertiary/aromatic N) is 4. The normalized spacial score (nSPS) is 11.8. The van der Waals surface area contributed by atoms with Crippen molar-refractivity contribution in [2.75, 3.05) is 51.5 Å². The minimum Gasteiger partial charge on any atom is -0.492 e. The van der Waals surface area contributed by atoms with E-state index in [1.54, 1.807) is 31.3 Å². The van der Waals surface area contributed by atoms with Crippen LogP contribution in [0, 0.1) is 11.3 Å². The van der Waals surface area contributed by atoms with Crippen LogP contribution in [0.2, 0.25) is 5.02 Å². The van der Waals surface area contributed by atoms with E-state index in [0.29, 0.717) is 56.7 Å². The van der Waals surface area contributed by atoms with Gasteiger partial charge in [0.15, 0.2) is 0 Å². The quantitative estimate of drug-likeness (QED) is 0.108. The predicted octanol–water partition coefficient (Wildman–Crippen LogP) is 7.15. The monoisotopic (exact) mass is 602 g/mol. The predicted molar refractivity (Wildman–Crippen MR) is 176 cm³/mol. The first-order chi connectivity index (χ1) is 20.8. The van der Waals surface area contributed by atoms with Crippen molar-refractivity contribution in [2.24, 2.45) is 4.99 Å². The number of unbranched alkanes of at least 4 members (excludes halogenated alkanes) is 2. The third-order valence-corrected chi connectivity index (χ3v) is 6.66. The lowest BCUT2D eigenvalue weighted by molar-refractivity contribution is -0.111. The Balaban J connectivity index is 1.88. The number of aliphatic imine (C=N–C) groups is 1. The number of rotatable bonds is 15. The number of anilines is 3. The molecule has 0 radical (unpaired) electrons. The lowest BCUT2D eigenvalue weighted by atomic mass is 10.1. The molecule has 0 unspecified atom stereocenters. The van der Waals surface area contributed by atoms with E-state index in [1.165, 1.54) is 12.3 Å². The minimum absolute atomic E-state index is 0.264. The summed E-state index contributed by atoms with van der Waals surface area (Å²) in [7, 11) is 5.80. The van der Waals surface area contributed by atoms with Crippen molar-refractivity contribution in [3.63, 3.8) is 0 Å². The van der Waals surface area contributed by atoms with Gasteiger partial charge in [-0.1, -0.05) is 23.8 Å². The first kappa shape index (κ1) is 33.1. The number of benzene rings is 2. The number of carbonyl (C=O) groups excluding carboxylic acids is 1. The molecule has 0 aliphatic rings. The van der Waals surface area contributed by atoms with Gasteiger partial charge in [-0.2, -0.15) is 5.26 Å². The first-order valence-electron chi connectivity index (χ1n) is 14.2. The van der Waals surface area contributed by atoms with Crippen molar-refractivity contribution in [1.29, 1.82) is 5.26 Å². The van der Waals surface area contributed by atoms with Gasteiger partial charge in [0.2, 0.25) is 5.91 Å². The third kappa shape index (κ3) is 9.84. The second kappa shape index (κ2) is 16.9. The summed E-state index contributed by atoms with van der Waals surface area (Å²) in [6.07, 6.45) is 11.6. The topological polar surface area (TPSA) is 112 Å². The molecule has 226 valence electrons. The molecule has 9 nitrogen and oxygen atoms in total.